The van der Waals surface area contributed by atoms with Crippen LogP contribution in [-0.2, 0) is 14.3 Å². The summed E-state index contributed by atoms with van der Waals surface area (Å²) in [7, 11) is 0. The molecule has 0 aromatic heterocycles. The minimum atomic E-state index is -0.848. The Morgan fingerprint density at radius 1 is 0.964 bits per heavy atom. The monoisotopic (exact) mass is 466 g/mol. The molecule has 0 aliphatic heterocycles. The normalized spacial score (nSPS) is 10.3. The molecule has 0 atom stereocenters. The van der Waals surface area contributed by atoms with Crippen LogP contribution >= 0.6 is 46.4 Å². The van der Waals surface area contributed by atoms with Crippen LogP contribution in [0.25, 0.3) is 0 Å². The zero-order valence-electron chi connectivity index (χ0n) is 13.7. The number of carbonyl (C=O) groups is 2. The van der Waals surface area contributed by atoms with Crippen molar-refractivity contribution in [2.45, 2.75) is 0 Å². The Balaban J connectivity index is 1.84. The molecule has 0 aliphatic rings. The molecule has 0 heterocycles. The highest BCUT2D eigenvalue weighted by atomic mass is 35.5. The summed E-state index contributed by atoms with van der Waals surface area (Å²) in [5, 5.41) is 13.6. The first-order valence-electron chi connectivity index (χ1n) is 7.34. The van der Waals surface area contributed by atoms with Crippen molar-refractivity contribution >= 4 is 69.7 Å². The zero-order valence-corrected chi connectivity index (χ0v) is 16.7. The van der Waals surface area contributed by atoms with E-state index >= 15 is 0 Å². The quantitative estimate of drug-likeness (QED) is 0.272. The molecule has 1 amide bonds. The highest BCUT2D eigenvalue weighted by molar-refractivity contribution is 6.43. The Morgan fingerprint density at radius 2 is 1.64 bits per heavy atom. The summed E-state index contributed by atoms with van der Waals surface area (Å²) in [4.78, 5) is 33.6. The van der Waals surface area contributed by atoms with Crippen molar-refractivity contribution in [2.24, 2.45) is 0 Å². The summed E-state index contributed by atoms with van der Waals surface area (Å²) in [5.41, 5.74) is -0.251. The number of esters is 1. The van der Waals surface area contributed by atoms with E-state index in [1.807, 2.05) is 0 Å². The molecule has 2 aromatic carbocycles. The van der Waals surface area contributed by atoms with E-state index in [9.17, 15) is 19.7 Å². The van der Waals surface area contributed by atoms with Crippen molar-refractivity contribution in [1.82, 2.24) is 0 Å². The summed E-state index contributed by atoms with van der Waals surface area (Å²) in [6, 6.07) is 6.39. The first-order valence-corrected chi connectivity index (χ1v) is 8.85. The van der Waals surface area contributed by atoms with Gasteiger partial charge in [-0.2, -0.15) is 0 Å². The van der Waals surface area contributed by atoms with Crippen molar-refractivity contribution in [1.29, 1.82) is 0 Å². The lowest BCUT2D eigenvalue weighted by molar-refractivity contribution is -0.384. The summed E-state index contributed by atoms with van der Waals surface area (Å²) < 4.78 is 9.92. The third-order valence-corrected chi connectivity index (χ3v) is 4.45. The molecule has 0 bridgehead atoms. The lowest BCUT2D eigenvalue weighted by atomic mass is 10.3. The molecule has 0 fully saturated rings. The maximum absolute atomic E-state index is 11.8. The van der Waals surface area contributed by atoms with Crippen molar-refractivity contribution in [3.8, 4) is 5.75 Å². The minimum absolute atomic E-state index is 0.0764. The molecular formula is C16H10Cl4N2O6. The predicted molar refractivity (Wildman–Crippen MR) is 105 cm³/mol. The summed E-state index contributed by atoms with van der Waals surface area (Å²) >= 11 is 23.2. The SMILES string of the molecule is O=C(COC(=O)COc1cc(Cl)c(Cl)cc1Cl)Nc1ccc(Cl)c([N+](=O)[O-])c1. The summed E-state index contributed by atoms with van der Waals surface area (Å²) in [6.45, 7) is -1.16. The number of ether oxygens (including phenoxy) is 2. The predicted octanol–water partition coefficient (Wildman–Crippen LogP) is 4.77. The molecule has 0 unspecified atom stereocenters. The van der Waals surface area contributed by atoms with Crippen LogP contribution in [0.1, 0.15) is 0 Å². The third kappa shape index (κ3) is 6.13. The van der Waals surface area contributed by atoms with Gasteiger partial charge in [-0.05, 0) is 18.2 Å². The van der Waals surface area contributed by atoms with Crippen LogP contribution in [0.15, 0.2) is 30.3 Å². The average molecular weight is 468 g/mol. The van der Waals surface area contributed by atoms with Gasteiger partial charge in [-0.3, -0.25) is 14.9 Å². The molecule has 0 radical (unpaired) electrons. The number of nitrogens with zero attached hydrogens (tertiary/aromatic N) is 1. The lowest BCUT2D eigenvalue weighted by Gasteiger charge is -2.10. The van der Waals surface area contributed by atoms with Gasteiger partial charge in [0.05, 0.1) is 20.0 Å². The third-order valence-electron chi connectivity index (χ3n) is 3.11. The number of hydrogen-bond donors (Lipinski definition) is 1. The van der Waals surface area contributed by atoms with E-state index in [0.717, 1.165) is 6.07 Å². The van der Waals surface area contributed by atoms with Gasteiger partial charge in [0.15, 0.2) is 13.2 Å². The van der Waals surface area contributed by atoms with Gasteiger partial charge in [-0.15, -0.1) is 0 Å². The van der Waals surface area contributed by atoms with E-state index in [4.69, 9.17) is 55.9 Å². The van der Waals surface area contributed by atoms with Gasteiger partial charge < -0.3 is 14.8 Å². The van der Waals surface area contributed by atoms with Crippen LogP contribution in [0, 0.1) is 10.1 Å². The van der Waals surface area contributed by atoms with Crippen LogP contribution in [0.4, 0.5) is 11.4 Å². The van der Waals surface area contributed by atoms with Crippen LogP contribution in [0.5, 0.6) is 5.75 Å². The molecule has 0 saturated heterocycles. The van der Waals surface area contributed by atoms with Crippen LogP contribution < -0.4 is 10.1 Å². The fraction of sp³-hybridized carbons (Fsp3) is 0.125. The van der Waals surface area contributed by atoms with E-state index < -0.39 is 30.0 Å². The average Bonchev–Trinajstić information content (AvgIpc) is 2.63. The number of amides is 1. The molecule has 0 aliphatic carbocycles. The number of rotatable bonds is 7. The second-order valence-corrected chi connectivity index (χ2v) is 6.75. The molecule has 0 spiro atoms. The van der Waals surface area contributed by atoms with Crippen molar-refractivity contribution in [3.05, 3.63) is 60.5 Å². The molecule has 2 rings (SSSR count). The van der Waals surface area contributed by atoms with Crippen LogP contribution in [-0.4, -0.2) is 30.0 Å². The number of carbonyl (C=O) groups excluding carboxylic acids is 2. The van der Waals surface area contributed by atoms with E-state index in [2.05, 4.69) is 5.32 Å². The zero-order chi connectivity index (χ0) is 20.8. The van der Waals surface area contributed by atoms with Gasteiger partial charge in [-0.25, -0.2) is 4.79 Å². The first-order chi connectivity index (χ1) is 13.2. The molecule has 28 heavy (non-hydrogen) atoms. The second kappa shape index (κ2) is 9.79. The Kier molecular flexibility index (Phi) is 7.70. The molecule has 0 saturated carbocycles. The Hall–Kier alpha value is -2.26. The minimum Gasteiger partial charge on any atom is -0.480 e. The number of nitrogens with one attached hydrogen (secondary N) is 1. The largest absolute Gasteiger partial charge is 0.480 e. The number of benzene rings is 2. The van der Waals surface area contributed by atoms with Crippen molar-refractivity contribution < 1.29 is 24.0 Å². The fourth-order valence-corrected chi connectivity index (χ4v) is 2.64. The molecule has 2 aromatic rings. The van der Waals surface area contributed by atoms with Gasteiger partial charge in [0.1, 0.15) is 10.8 Å². The highest BCUT2D eigenvalue weighted by Crippen LogP contribution is 2.33. The van der Waals surface area contributed by atoms with Crippen LogP contribution in [0.3, 0.4) is 0 Å². The number of halogens is 4. The van der Waals surface area contributed by atoms with Crippen LogP contribution in [0.2, 0.25) is 20.1 Å². The van der Waals surface area contributed by atoms with E-state index in [-0.39, 0.29) is 37.2 Å². The van der Waals surface area contributed by atoms with Crippen molar-refractivity contribution in [2.75, 3.05) is 18.5 Å². The molecule has 12 heteroatoms. The highest BCUT2D eigenvalue weighted by Gasteiger charge is 2.15. The molecular weight excluding hydrogens is 458 g/mol. The fourth-order valence-electron chi connectivity index (χ4n) is 1.87. The van der Waals surface area contributed by atoms with Crippen molar-refractivity contribution in [3.63, 3.8) is 0 Å². The van der Waals surface area contributed by atoms with Gasteiger partial charge in [0.2, 0.25) is 0 Å². The van der Waals surface area contributed by atoms with Gasteiger partial charge in [0.25, 0.3) is 11.6 Å². The molecule has 1 N–H and O–H groups in total. The number of hydrogen-bond acceptors (Lipinski definition) is 6. The first kappa shape index (κ1) is 22.0. The maximum atomic E-state index is 11.8. The maximum Gasteiger partial charge on any atom is 0.344 e. The Bertz CT molecular complexity index is 938. The number of anilines is 1. The summed E-state index contributed by atoms with van der Waals surface area (Å²) in [5.74, 6) is -1.44. The lowest BCUT2D eigenvalue weighted by Crippen LogP contribution is -2.23. The van der Waals surface area contributed by atoms with E-state index in [1.54, 1.807) is 0 Å². The standard InChI is InChI=1S/C16H10Cl4N2O6/c17-9-2-1-8(3-13(9)22(25)26)21-15(23)6-28-16(24)7-27-14-5-11(19)10(18)4-12(14)20/h1-5H,6-7H2,(H,21,23). The molecule has 148 valence electrons. The van der Waals surface area contributed by atoms with Gasteiger partial charge >= 0.3 is 5.97 Å². The van der Waals surface area contributed by atoms with Gasteiger partial charge in [0, 0.05) is 17.8 Å². The van der Waals surface area contributed by atoms with E-state index in [0.29, 0.717) is 0 Å². The summed E-state index contributed by atoms with van der Waals surface area (Å²) in [6.07, 6.45) is 0. The topological polar surface area (TPSA) is 108 Å². The van der Waals surface area contributed by atoms with E-state index in [1.165, 1.54) is 24.3 Å². The Morgan fingerprint density at radius 3 is 2.32 bits per heavy atom. The Labute approximate surface area is 178 Å². The van der Waals surface area contributed by atoms with Gasteiger partial charge in [-0.1, -0.05) is 46.4 Å². The molecule has 8 nitrogen and oxygen atoms in total. The second-order valence-electron chi connectivity index (χ2n) is 5.12. The number of nitro benzene ring substituents is 1. The smallest absolute Gasteiger partial charge is 0.344 e. The number of nitro groups is 1.